The number of rotatable bonds is 1. The predicted molar refractivity (Wildman–Crippen MR) is 100 cm³/mol. The molecule has 0 amide bonds. The van der Waals surface area contributed by atoms with E-state index < -0.39 is 0 Å². The van der Waals surface area contributed by atoms with Gasteiger partial charge in [0.05, 0.1) is 11.1 Å². The van der Waals surface area contributed by atoms with E-state index in [1.807, 2.05) is 42.5 Å². The summed E-state index contributed by atoms with van der Waals surface area (Å²) < 4.78 is 3.76. The number of hydrogen-bond donors (Lipinski definition) is 0. The maximum absolute atomic E-state index is 13.5. The summed E-state index contributed by atoms with van der Waals surface area (Å²) in [6.07, 6.45) is 4.42. The molecule has 0 radical (unpaired) electrons. The van der Waals surface area contributed by atoms with Gasteiger partial charge in [0.25, 0.3) is 5.56 Å². The van der Waals surface area contributed by atoms with Gasteiger partial charge in [0.15, 0.2) is 0 Å². The van der Waals surface area contributed by atoms with E-state index in [0.717, 1.165) is 46.6 Å². The average Bonchev–Trinajstić information content (AvgIpc) is 3.16. The second-order valence-corrected chi connectivity index (χ2v) is 7.84. The molecule has 126 valence electrons. The molecule has 0 N–H and O–H groups in total. The van der Waals surface area contributed by atoms with Crippen LogP contribution in [0.1, 0.15) is 34.7 Å². The standard InChI is InChI=1S/C19H18N4OS/c1-11-6-5-7-13(10-11)23-17(24)16-14-8-3-4-9-15(14)25-18(16)22-12(2)20-21-19(22)23/h5-7,10H,3-4,8-9H2,1-2H3. The maximum atomic E-state index is 13.5. The van der Waals surface area contributed by atoms with E-state index in [2.05, 4.69) is 10.2 Å². The van der Waals surface area contributed by atoms with Gasteiger partial charge >= 0.3 is 0 Å². The highest BCUT2D eigenvalue weighted by Gasteiger charge is 2.24. The molecule has 3 heterocycles. The summed E-state index contributed by atoms with van der Waals surface area (Å²) in [5, 5.41) is 9.44. The Bertz CT molecular complexity index is 1200. The van der Waals surface area contributed by atoms with Gasteiger partial charge in [-0.3, -0.25) is 9.20 Å². The lowest BCUT2D eigenvalue weighted by molar-refractivity contribution is 0.699. The fourth-order valence-electron chi connectivity index (χ4n) is 3.87. The van der Waals surface area contributed by atoms with E-state index in [0.29, 0.717) is 5.78 Å². The van der Waals surface area contributed by atoms with E-state index in [9.17, 15) is 4.79 Å². The lowest BCUT2D eigenvalue weighted by Crippen LogP contribution is -2.22. The van der Waals surface area contributed by atoms with Crippen LogP contribution < -0.4 is 5.56 Å². The molecule has 3 aromatic heterocycles. The normalized spacial score (nSPS) is 14.3. The molecule has 0 saturated carbocycles. The maximum Gasteiger partial charge on any atom is 0.268 e. The van der Waals surface area contributed by atoms with E-state index >= 15 is 0 Å². The molecule has 6 heteroatoms. The van der Waals surface area contributed by atoms with Crippen molar-refractivity contribution in [2.75, 3.05) is 0 Å². The zero-order valence-electron chi connectivity index (χ0n) is 14.2. The van der Waals surface area contributed by atoms with E-state index in [1.165, 1.54) is 16.9 Å². The van der Waals surface area contributed by atoms with Crippen molar-refractivity contribution in [3.05, 3.63) is 56.4 Å². The lowest BCUT2D eigenvalue weighted by Gasteiger charge is -2.12. The summed E-state index contributed by atoms with van der Waals surface area (Å²) in [6.45, 7) is 3.98. The summed E-state index contributed by atoms with van der Waals surface area (Å²) in [6, 6.07) is 8.00. The van der Waals surface area contributed by atoms with Crippen LogP contribution in [0.3, 0.4) is 0 Å². The zero-order valence-corrected chi connectivity index (χ0v) is 15.1. The van der Waals surface area contributed by atoms with Gasteiger partial charge in [0.2, 0.25) is 5.78 Å². The number of aromatic nitrogens is 4. The summed E-state index contributed by atoms with van der Waals surface area (Å²) in [4.78, 5) is 15.8. The van der Waals surface area contributed by atoms with Crippen molar-refractivity contribution in [3.63, 3.8) is 0 Å². The number of thiophene rings is 1. The number of hydrogen-bond acceptors (Lipinski definition) is 4. The molecule has 25 heavy (non-hydrogen) atoms. The third kappa shape index (κ3) is 2.03. The zero-order chi connectivity index (χ0) is 17.1. The molecule has 0 aliphatic heterocycles. The summed E-state index contributed by atoms with van der Waals surface area (Å²) in [5.74, 6) is 1.42. The Kier molecular flexibility index (Phi) is 3.12. The molecule has 0 bridgehead atoms. The third-order valence-electron chi connectivity index (χ3n) is 5.04. The second kappa shape index (κ2) is 5.26. The molecule has 4 aromatic rings. The lowest BCUT2D eigenvalue weighted by atomic mass is 9.97. The van der Waals surface area contributed by atoms with Gasteiger partial charge in [0, 0.05) is 4.88 Å². The van der Waals surface area contributed by atoms with Crippen LogP contribution in [0.4, 0.5) is 0 Å². The molecular weight excluding hydrogens is 332 g/mol. The first-order valence-corrected chi connectivity index (χ1v) is 9.45. The molecular formula is C19H18N4OS. The van der Waals surface area contributed by atoms with Crippen molar-refractivity contribution in [1.82, 2.24) is 19.2 Å². The predicted octanol–water partition coefficient (Wildman–Crippen LogP) is 3.59. The van der Waals surface area contributed by atoms with E-state index in [4.69, 9.17) is 0 Å². The molecule has 0 saturated heterocycles. The van der Waals surface area contributed by atoms with Crippen LogP contribution in [-0.2, 0) is 12.8 Å². The van der Waals surface area contributed by atoms with Crippen molar-refractivity contribution in [3.8, 4) is 5.69 Å². The molecule has 1 aliphatic carbocycles. The summed E-state index contributed by atoms with van der Waals surface area (Å²) >= 11 is 1.74. The highest BCUT2D eigenvalue weighted by molar-refractivity contribution is 7.18. The number of nitrogens with zero attached hydrogens (tertiary/aromatic N) is 4. The highest BCUT2D eigenvalue weighted by atomic mass is 32.1. The van der Waals surface area contributed by atoms with E-state index in [-0.39, 0.29) is 5.56 Å². The van der Waals surface area contributed by atoms with Crippen LogP contribution >= 0.6 is 11.3 Å². The molecule has 1 aromatic carbocycles. The van der Waals surface area contributed by atoms with Crippen LogP contribution in [-0.4, -0.2) is 19.2 Å². The van der Waals surface area contributed by atoms with Crippen LogP contribution in [0.5, 0.6) is 0 Å². The largest absolute Gasteiger partial charge is 0.268 e. The number of benzene rings is 1. The van der Waals surface area contributed by atoms with Crippen LogP contribution in [0.2, 0.25) is 0 Å². The first kappa shape index (κ1) is 14.8. The molecule has 0 atom stereocenters. The molecule has 0 unspecified atom stereocenters. The smallest absolute Gasteiger partial charge is 0.268 e. The van der Waals surface area contributed by atoms with Gasteiger partial charge in [-0.05, 0) is 62.8 Å². The van der Waals surface area contributed by atoms with Crippen LogP contribution in [0, 0.1) is 13.8 Å². The molecule has 0 fully saturated rings. The van der Waals surface area contributed by atoms with Crippen LogP contribution in [0.15, 0.2) is 29.1 Å². The van der Waals surface area contributed by atoms with Crippen molar-refractivity contribution >= 4 is 27.3 Å². The van der Waals surface area contributed by atoms with Crippen molar-refractivity contribution < 1.29 is 0 Å². The molecule has 5 rings (SSSR count). The Labute approximate surface area is 148 Å². The minimum atomic E-state index is 0.0277. The Morgan fingerprint density at radius 3 is 2.80 bits per heavy atom. The fraction of sp³-hybridized carbons (Fsp3) is 0.316. The Morgan fingerprint density at radius 2 is 1.96 bits per heavy atom. The number of aryl methyl sites for hydroxylation is 4. The first-order valence-electron chi connectivity index (χ1n) is 8.63. The van der Waals surface area contributed by atoms with Gasteiger partial charge in [-0.2, -0.15) is 0 Å². The molecule has 5 nitrogen and oxygen atoms in total. The second-order valence-electron chi connectivity index (χ2n) is 6.75. The fourth-order valence-corrected chi connectivity index (χ4v) is 5.29. The van der Waals surface area contributed by atoms with Gasteiger partial charge in [-0.1, -0.05) is 12.1 Å². The Hall–Kier alpha value is -2.47. The van der Waals surface area contributed by atoms with Gasteiger partial charge < -0.3 is 0 Å². The minimum Gasteiger partial charge on any atom is -0.268 e. The van der Waals surface area contributed by atoms with Crippen molar-refractivity contribution in [2.24, 2.45) is 0 Å². The monoisotopic (exact) mass is 350 g/mol. The SMILES string of the molecule is Cc1cccc(-n2c(=O)c3c4c(sc3n3c(C)nnc23)CCCC4)c1. The first-order chi connectivity index (χ1) is 12.1. The third-order valence-corrected chi connectivity index (χ3v) is 6.32. The topological polar surface area (TPSA) is 52.2 Å². The Balaban J connectivity index is 2.00. The number of fused-ring (bicyclic) bond motifs is 5. The quantitative estimate of drug-likeness (QED) is 0.527. The minimum absolute atomic E-state index is 0.0277. The van der Waals surface area contributed by atoms with Crippen LogP contribution in [0.25, 0.3) is 21.7 Å². The summed E-state index contributed by atoms with van der Waals surface area (Å²) in [5.41, 5.74) is 3.24. The van der Waals surface area contributed by atoms with E-state index in [1.54, 1.807) is 15.9 Å². The molecule has 0 spiro atoms. The van der Waals surface area contributed by atoms with Gasteiger partial charge in [-0.25, -0.2) is 4.57 Å². The molecule has 1 aliphatic rings. The van der Waals surface area contributed by atoms with Gasteiger partial charge in [0.1, 0.15) is 10.7 Å². The summed E-state index contributed by atoms with van der Waals surface area (Å²) in [7, 11) is 0. The highest BCUT2D eigenvalue weighted by Crippen LogP contribution is 2.35. The van der Waals surface area contributed by atoms with Crippen molar-refractivity contribution in [1.29, 1.82) is 0 Å². The van der Waals surface area contributed by atoms with Crippen molar-refractivity contribution in [2.45, 2.75) is 39.5 Å². The Morgan fingerprint density at radius 1 is 1.12 bits per heavy atom. The average molecular weight is 350 g/mol. The van der Waals surface area contributed by atoms with Gasteiger partial charge in [-0.15, -0.1) is 21.5 Å².